The smallest absolute Gasteiger partial charge is 0.240 e. The van der Waals surface area contributed by atoms with Gasteiger partial charge >= 0.3 is 0 Å². The normalized spacial score (nSPS) is 10.4. The molecule has 0 atom stereocenters. The number of hydrogen-bond acceptors (Lipinski definition) is 2. The van der Waals surface area contributed by atoms with Crippen molar-refractivity contribution < 1.29 is 9.59 Å². The van der Waals surface area contributed by atoms with E-state index in [0.717, 1.165) is 27.9 Å². The van der Waals surface area contributed by atoms with Crippen LogP contribution in [-0.4, -0.2) is 18.4 Å². The van der Waals surface area contributed by atoms with Gasteiger partial charge in [-0.15, -0.1) is 0 Å². The van der Waals surface area contributed by atoms with Crippen LogP contribution in [0.4, 0.5) is 5.69 Å². The molecule has 0 fully saturated rings. The average molecular weight is 359 g/mol. The van der Waals surface area contributed by atoms with E-state index in [4.69, 9.17) is 11.6 Å². The Morgan fingerprint density at radius 3 is 2.12 bits per heavy atom. The van der Waals surface area contributed by atoms with Crippen molar-refractivity contribution in [3.05, 3.63) is 63.7 Å². The van der Waals surface area contributed by atoms with Crippen molar-refractivity contribution in [3.63, 3.8) is 0 Å². The van der Waals surface area contributed by atoms with Crippen LogP contribution in [0.1, 0.15) is 29.2 Å². The van der Waals surface area contributed by atoms with Gasteiger partial charge in [0.25, 0.3) is 0 Å². The summed E-state index contributed by atoms with van der Waals surface area (Å²) >= 11 is 5.86. The van der Waals surface area contributed by atoms with E-state index >= 15 is 0 Å². The van der Waals surface area contributed by atoms with Gasteiger partial charge in [0.05, 0.1) is 5.69 Å². The van der Waals surface area contributed by atoms with Crippen LogP contribution in [0.2, 0.25) is 5.02 Å². The number of nitrogens with one attached hydrogen (secondary N) is 1. The third-order valence-corrected chi connectivity index (χ3v) is 4.24. The summed E-state index contributed by atoms with van der Waals surface area (Å²) in [5, 5.41) is 3.50. The molecule has 0 aromatic heterocycles. The molecular formula is C20H23ClN2O2. The fraction of sp³-hybridized carbons (Fsp3) is 0.300. The Labute approximate surface area is 153 Å². The molecule has 0 radical (unpaired) electrons. The molecule has 0 saturated heterocycles. The zero-order valence-electron chi connectivity index (χ0n) is 15.0. The van der Waals surface area contributed by atoms with Crippen molar-refractivity contribution in [2.24, 2.45) is 0 Å². The van der Waals surface area contributed by atoms with Crippen molar-refractivity contribution in [2.75, 3.05) is 11.4 Å². The number of benzene rings is 2. The molecule has 2 rings (SSSR count). The first kappa shape index (κ1) is 19.0. The van der Waals surface area contributed by atoms with Gasteiger partial charge in [0, 0.05) is 18.5 Å². The van der Waals surface area contributed by atoms with Crippen molar-refractivity contribution in [3.8, 4) is 0 Å². The maximum atomic E-state index is 12.3. The first-order chi connectivity index (χ1) is 11.8. The van der Waals surface area contributed by atoms with Gasteiger partial charge in [0.2, 0.25) is 11.8 Å². The van der Waals surface area contributed by atoms with E-state index in [0.29, 0.717) is 11.6 Å². The van der Waals surface area contributed by atoms with Crippen molar-refractivity contribution in [1.82, 2.24) is 5.32 Å². The Morgan fingerprint density at radius 1 is 1.04 bits per heavy atom. The quantitative estimate of drug-likeness (QED) is 0.880. The molecule has 1 N–H and O–H groups in total. The Balaban J connectivity index is 2.10. The number of halogens is 1. The topological polar surface area (TPSA) is 49.4 Å². The van der Waals surface area contributed by atoms with E-state index in [-0.39, 0.29) is 18.4 Å². The number of nitrogens with zero attached hydrogens (tertiary/aromatic N) is 1. The molecule has 2 aromatic carbocycles. The maximum absolute atomic E-state index is 12.3. The fourth-order valence-corrected chi connectivity index (χ4v) is 3.07. The van der Waals surface area contributed by atoms with Crippen LogP contribution >= 0.6 is 11.6 Å². The molecule has 0 spiro atoms. The van der Waals surface area contributed by atoms with E-state index in [1.807, 2.05) is 45.0 Å². The minimum Gasteiger partial charge on any atom is -0.350 e. The SMILES string of the molecule is CC(=O)N(CC(=O)NCc1ccc(Cl)cc1)c1c(C)cc(C)cc1C. The zero-order valence-corrected chi connectivity index (χ0v) is 15.8. The largest absolute Gasteiger partial charge is 0.350 e. The summed E-state index contributed by atoms with van der Waals surface area (Å²) in [7, 11) is 0. The lowest BCUT2D eigenvalue weighted by atomic mass is 10.0. The summed E-state index contributed by atoms with van der Waals surface area (Å²) in [6, 6.07) is 11.3. The Bertz CT molecular complexity index is 762. The third kappa shape index (κ3) is 5.07. The summed E-state index contributed by atoms with van der Waals surface area (Å²) in [5.41, 5.74) is 4.86. The van der Waals surface area contributed by atoms with Crippen molar-refractivity contribution in [1.29, 1.82) is 0 Å². The molecule has 5 heteroatoms. The molecule has 132 valence electrons. The zero-order chi connectivity index (χ0) is 18.6. The van der Waals surface area contributed by atoms with Gasteiger partial charge in [0.15, 0.2) is 0 Å². The molecule has 0 bridgehead atoms. The Kier molecular flexibility index (Phi) is 6.21. The molecular weight excluding hydrogens is 336 g/mol. The third-order valence-electron chi connectivity index (χ3n) is 3.99. The van der Waals surface area contributed by atoms with E-state index in [1.54, 1.807) is 12.1 Å². The average Bonchev–Trinajstić information content (AvgIpc) is 2.52. The van der Waals surface area contributed by atoms with Crippen LogP contribution < -0.4 is 10.2 Å². The minimum absolute atomic E-state index is 0.00629. The van der Waals surface area contributed by atoms with Gasteiger partial charge in [-0.3, -0.25) is 9.59 Å². The lowest BCUT2D eigenvalue weighted by Gasteiger charge is -2.25. The second-order valence-electron chi connectivity index (χ2n) is 6.26. The van der Waals surface area contributed by atoms with Crippen LogP contribution in [0, 0.1) is 20.8 Å². The maximum Gasteiger partial charge on any atom is 0.240 e. The molecule has 2 aromatic rings. The van der Waals surface area contributed by atoms with Crippen LogP contribution in [0.15, 0.2) is 36.4 Å². The van der Waals surface area contributed by atoms with Crippen LogP contribution in [0.3, 0.4) is 0 Å². The highest BCUT2D eigenvalue weighted by Gasteiger charge is 2.19. The lowest BCUT2D eigenvalue weighted by molar-refractivity contribution is -0.123. The summed E-state index contributed by atoms with van der Waals surface area (Å²) in [6.07, 6.45) is 0. The number of carbonyl (C=O) groups excluding carboxylic acids is 2. The van der Waals surface area contributed by atoms with Gasteiger partial charge < -0.3 is 10.2 Å². The lowest BCUT2D eigenvalue weighted by Crippen LogP contribution is -2.40. The summed E-state index contributed by atoms with van der Waals surface area (Å²) < 4.78 is 0. The number of anilines is 1. The number of amides is 2. The molecule has 0 aliphatic carbocycles. The molecule has 0 saturated carbocycles. The van der Waals surface area contributed by atoms with Crippen molar-refractivity contribution in [2.45, 2.75) is 34.2 Å². The van der Waals surface area contributed by atoms with Gasteiger partial charge in [-0.1, -0.05) is 41.4 Å². The molecule has 0 heterocycles. The van der Waals surface area contributed by atoms with Crippen LogP contribution in [-0.2, 0) is 16.1 Å². The molecule has 0 unspecified atom stereocenters. The fourth-order valence-electron chi connectivity index (χ4n) is 2.95. The number of rotatable bonds is 5. The van der Waals surface area contributed by atoms with E-state index in [1.165, 1.54) is 11.8 Å². The van der Waals surface area contributed by atoms with Crippen LogP contribution in [0.5, 0.6) is 0 Å². The second kappa shape index (κ2) is 8.17. The first-order valence-electron chi connectivity index (χ1n) is 8.15. The summed E-state index contributed by atoms with van der Waals surface area (Å²) in [4.78, 5) is 26.0. The number of hydrogen-bond donors (Lipinski definition) is 1. The summed E-state index contributed by atoms with van der Waals surface area (Å²) in [5.74, 6) is -0.360. The monoisotopic (exact) mass is 358 g/mol. The molecule has 0 aliphatic rings. The highest BCUT2D eigenvalue weighted by molar-refractivity contribution is 6.30. The van der Waals surface area contributed by atoms with Gasteiger partial charge in [0.1, 0.15) is 6.54 Å². The number of aryl methyl sites for hydroxylation is 3. The molecule has 2 amide bonds. The van der Waals surface area contributed by atoms with E-state index < -0.39 is 0 Å². The predicted molar refractivity (Wildman–Crippen MR) is 102 cm³/mol. The first-order valence-corrected chi connectivity index (χ1v) is 8.53. The summed E-state index contributed by atoms with van der Waals surface area (Å²) in [6.45, 7) is 7.79. The van der Waals surface area contributed by atoms with Gasteiger partial charge in [-0.2, -0.15) is 0 Å². The van der Waals surface area contributed by atoms with Crippen LogP contribution in [0.25, 0.3) is 0 Å². The van der Waals surface area contributed by atoms with E-state index in [2.05, 4.69) is 5.32 Å². The highest BCUT2D eigenvalue weighted by atomic mass is 35.5. The predicted octanol–water partition coefficient (Wildman–Crippen LogP) is 3.93. The number of carbonyl (C=O) groups is 2. The van der Waals surface area contributed by atoms with Gasteiger partial charge in [-0.05, 0) is 49.6 Å². The molecule has 4 nitrogen and oxygen atoms in total. The Morgan fingerprint density at radius 2 is 1.60 bits per heavy atom. The van der Waals surface area contributed by atoms with Gasteiger partial charge in [-0.25, -0.2) is 0 Å². The van der Waals surface area contributed by atoms with E-state index in [9.17, 15) is 9.59 Å². The molecule has 25 heavy (non-hydrogen) atoms. The Hall–Kier alpha value is -2.33. The highest BCUT2D eigenvalue weighted by Crippen LogP contribution is 2.26. The second-order valence-corrected chi connectivity index (χ2v) is 6.69. The molecule has 0 aliphatic heterocycles. The minimum atomic E-state index is -0.204. The standard InChI is InChI=1S/C20H23ClN2O2/c1-13-9-14(2)20(15(3)10-13)23(16(4)24)12-19(25)22-11-17-5-7-18(21)8-6-17/h5-10H,11-12H2,1-4H3,(H,22,25). The van der Waals surface area contributed by atoms with Crippen molar-refractivity contribution >= 4 is 29.1 Å².